The van der Waals surface area contributed by atoms with Crippen LogP contribution in [0, 0.1) is 13.8 Å². The first-order valence-corrected chi connectivity index (χ1v) is 6.79. The van der Waals surface area contributed by atoms with E-state index in [1.807, 2.05) is 19.9 Å². The number of carbonyl (C=O) groups is 1. The van der Waals surface area contributed by atoms with Crippen LogP contribution in [0.1, 0.15) is 48.4 Å². The van der Waals surface area contributed by atoms with Crippen molar-refractivity contribution in [3.8, 4) is 0 Å². The summed E-state index contributed by atoms with van der Waals surface area (Å²) in [5, 5.41) is 0. The van der Waals surface area contributed by atoms with E-state index in [0.717, 1.165) is 30.6 Å². The summed E-state index contributed by atoms with van der Waals surface area (Å²) < 4.78 is 2.22. The summed E-state index contributed by atoms with van der Waals surface area (Å²) in [5.74, 6) is 0.206. The zero-order chi connectivity index (χ0) is 12.3. The van der Waals surface area contributed by atoms with Crippen molar-refractivity contribution in [2.75, 3.05) is 0 Å². The maximum absolute atomic E-state index is 12.1. The van der Waals surface area contributed by atoms with Crippen molar-refractivity contribution in [2.45, 2.75) is 51.9 Å². The van der Waals surface area contributed by atoms with Crippen LogP contribution in [-0.2, 0) is 6.54 Å². The molecule has 0 aliphatic heterocycles. The molecule has 1 aromatic rings. The van der Waals surface area contributed by atoms with Gasteiger partial charge in [0, 0.05) is 23.5 Å². The SMILES string of the molecule is CCCn1c(C)cc(C(=O)C(Br)CC)c1C. The topological polar surface area (TPSA) is 22.0 Å². The quantitative estimate of drug-likeness (QED) is 0.595. The molecule has 16 heavy (non-hydrogen) atoms. The lowest BCUT2D eigenvalue weighted by Crippen LogP contribution is -2.14. The van der Waals surface area contributed by atoms with Gasteiger partial charge in [-0.1, -0.05) is 29.8 Å². The molecule has 3 heteroatoms. The lowest BCUT2D eigenvalue weighted by molar-refractivity contribution is 0.0989. The highest BCUT2D eigenvalue weighted by Gasteiger charge is 2.20. The number of carbonyl (C=O) groups excluding carboxylic acids is 1. The van der Waals surface area contributed by atoms with Crippen LogP contribution in [-0.4, -0.2) is 15.2 Å². The van der Waals surface area contributed by atoms with E-state index in [4.69, 9.17) is 0 Å². The molecule has 1 unspecified atom stereocenters. The number of hydrogen-bond donors (Lipinski definition) is 0. The standard InChI is InChI=1S/C13H20BrNO/c1-5-7-15-9(3)8-11(10(15)4)13(16)12(14)6-2/h8,12H,5-7H2,1-4H3. The molecule has 0 aliphatic carbocycles. The Labute approximate surface area is 106 Å². The third kappa shape index (κ3) is 2.57. The number of ketones is 1. The Morgan fingerprint density at radius 2 is 2.06 bits per heavy atom. The number of rotatable bonds is 5. The van der Waals surface area contributed by atoms with Crippen molar-refractivity contribution in [1.29, 1.82) is 0 Å². The summed E-state index contributed by atoms with van der Waals surface area (Å²) in [6.07, 6.45) is 1.92. The Morgan fingerprint density at radius 1 is 1.44 bits per heavy atom. The van der Waals surface area contributed by atoms with E-state index in [9.17, 15) is 4.79 Å². The van der Waals surface area contributed by atoms with Gasteiger partial charge in [-0.25, -0.2) is 0 Å². The number of Topliss-reactive ketones (excluding diaryl/α,β-unsaturated/α-hetero) is 1. The Bertz CT molecular complexity index is 382. The molecule has 1 heterocycles. The number of alkyl halides is 1. The summed E-state index contributed by atoms with van der Waals surface area (Å²) in [5.41, 5.74) is 3.15. The molecule has 1 atom stereocenters. The van der Waals surface area contributed by atoms with Crippen LogP contribution in [0.15, 0.2) is 6.07 Å². The first kappa shape index (κ1) is 13.5. The maximum Gasteiger partial charge on any atom is 0.178 e. The molecule has 0 bridgehead atoms. The van der Waals surface area contributed by atoms with Crippen molar-refractivity contribution in [2.24, 2.45) is 0 Å². The minimum Gasteiger partial charge on any atom is -0.348 e. The van der Waals surface area contributed by atoms with Crippen LogP contribution in [0.3, 0.4) is 0 Å². The molecule has 0 aliphatic rings. The molecule has 0 N–H and O–H groups in total. The number of hydrogen-bond acceptors (Lipinski definition) is 1. The molecule has 90 valence electrons. The lowest BCUT2D eigenvalue weighted by Gasteiger charge is -2.09. The van der Waals surface area contributed by atoms with Crippen molar-refractivity contribution >= 4 is 21.7 Å². The predicted molar refractivity (Wildman–Crippen MR) is 71.5 cm³/mol. The number of nitrogens with zero attached hydrogens (tertiary/aromatic N) is 1. The molecule has 2 nitrogen and oxygen atoms in total. The van der Waals surface area contributed by atoms with E-state index in [2.05, 4.69) is 34.3 Å². The third-order valence-electron chi connectivity index (χ3n) is 2.93. The third-order valence-corrected chi connectivity index (χ3v) is 3.99. The highest BCUT2D eigenvalue weighted by atomic mass is 79.9. The minimum absolute atomic E-state index is 0.0527. The summed E-state index contributed by atoms with van der Waals surface area (Å²) in [6, 6.07) is 2.01. The van der Waals surface area contributed by atoms with Crippen LogP contribution in [0.25, 0.3) is 0 Å². The average molecular weight is 286 g/mol. The van der Waals surface area contributed by atoms with Gasteiger partial charge in [-0.05, 0) is 32.8 Å². The van der Waals surface area contributed by atoms with E-state index in [-0.39, 0.29) is 10.6 Å². The summed E-state index contributed by atoms with van der Waals surface area (Å²) in [6.45, 7) is 9.26. The first-order valence-electron chi connectivity index (χ1n) is 5.87. The van der Waals surface area contributed by atoms with Crippen LogP contribution >= 0.6 is 15.9 Å². The van der Waals surface area contributed by atoms with E-state index in [1.165, 1.54) is 5.69 Å². The Morgan fingerprint density at radius 3 is 2.56 bits per heavy atom. The van der Waals surface area contributed by atoms with Gasteiger partial charge in [-0.3, -0.25) is 4.79 Å². The molecular weight excluding hydrogens is 266 g/mol. The Hall–Kier alpha value is -0.570. The van der Waals surface area contributed by atoms with Crippen LogP contribution in [0.2, 0.25) is 0 Å². The number of aromatic nitrogens is 1. The van der Waals surface area contributed by atoms with Crippen LogP contribution < -0.4 is 0 Å². The van der Waals surface area contributed by atoms with Crippen molar-refractivity contribution < 1.29 is 4.79 Å². The van der Waals surface area contributed by atoms with Gasteiger partial charge >= 0.3 is 0 Å². The first-order chi connectivity index (χ1) is 7.52. The van der Waals surface area contributed by atoms with Gasteiger partial charge in [0.2, 0.25) is 0 Å². The second-order valence-corrected chi connectivity index (χ2v) is 5.28. The number of halogens is 1. The second kappa shape index (κ2) is 5.67. The monoisotopic (exact) mass is 285 g/mol. The zero-order valence-electron chi connectivity index (χ0n) is 10.5. The summed E-state index contributed by atoms with van der Waals surface area (Å²) in [4.78, 5) is 12.1. The molecule has 0 saturated heterocycles. The fraction of sp³-hybridized carbons (Fsp3) is 0.615. The van der Waals surface area contributed by atoms with Crippen molar-refractivity contribution in [3.63, 3.8) is 0 Å². The number of aryl methyl sites for hydroxylation is 1. The smallest absolute Gasteiger partial charge is 0.178 e. The van der Waals surface area contributed by atoms with Gasteiger partial charge < -0.3 is 4.57 Å². The minimum atomic E-state index is -0.0527. The molecule has 0 amide bonds. The fourth-order valence-electron chi connectivity index (χ4n) is 1.97. The van der Waals surface area contributed by atoms with Crippen LogP contribution in [0.5, 0.6) is 0 Å². The second-order valence-electron chi connectivity index (χ2n) is 4.18. The van der Waals surface area contributed by atoms with E-state index >= 15 is 0 Å². The summed E-state index contributed by atoms with van der Waals surface area (Å²) >= 11 is 3.43. The van der Waals surface area contributed by atoms with Gasteiger partial charge in [0.1, 0.15) is 0 Å². The maximum atomic E-state index is 12.1. The summed E-state index contributed by atoms with van der Waals surface area (Å²) in [7, 11) is 0. The van der Waals surface area contributed by atoms with Gasteiger partial charge in [0.25, 0.3) is 0 Å². The molecular formula is C13H20BrNO. The average Bonchev–Trinajstić information content (AvgIpc) is 2.55. The molecule has 0 fully saturated rings. The lowest BCUT2D eigenvalue weighted by atomic mass is 10.1. The normalized spacial score (nSPS) is 12.8. The zero-order valence-corrected chi connectivity index (χ0v) is 12.1. The highest BCUT2D eigenvalue weighted by molar-refractivity contribution is 9.10. The Kier molecular flexibility index (Phi) is 4.78. The molecule has 0 saturated carbocycles. The van der Waals surface area contributed by atoms with E-state index in [0.29, 0.717) is 0 Å². The Balaban J connectivity index is 3.07. The molecule has 0 aromatic carbocycles. The van der Waals surface area contributed by atoms with E-state index < -0.39 is 0 Å². The largest absolute Gasteiger partial charge is 0.348 e. The van der Waals surface area contributed by atoms with Crippen molar-refractivity contribution in [3.05, 3.63) is 23.0 Å². The molecule has 1 aromatic heterocycles. The van der Waals surface area contributed by atoms with Gasteiger partial charge in [-0.15, -0.1) is 0 Å². The van der Waals surface area contributed by atoms with Crippen molar-refractivity contribution in [1.82, 2.24) is 4.57 Å². The fourth-order valence-corrected chi connectivity index (χ4v) is 2.22. The van der Waals surface area contributed by atoms with Gasteiger partial charge in [0.05, 0.1) is 4.83 Å². The van der Waals surface area contributed by atoms with E-state index in [1.54, 1.807) is 0 Å². The molecule has 0 radical (unpaired) electrons. The highest BCUT2D eigenvalue weighted by Crippen LogP contribution is 2.20. The molecule has 1 rings (SSSR count). The molecule has 0 spiro atoms. The van der Waals surface area contributed by atoms with Crippen LogP contribution in [0.4, 0.5) is 0 Å². The van der Waals surface area contributed by atoms with Gasteiger partial charge in [0.15, 0.2) is 5.78 Å². The predicted octanol–water partition coefficient (Wildman–Crippen LogP) is 3.87. The van der Waals surface area contributed by atoms with Gasteiger partial charge in [-0.2, -0.15) is 0 Å².